The van der Waals surface area contributed by atoms with Crippen LogP contribution in [-0.4, -0.2) is 34.6 Å². The maximum atomic E-state index is 10.7. The van der Waals surface area contributed by atoms with Crippen LogP contribution in [-0.2, 0) is 14.3 Å². The molecule has 0 unspecified atom stereocenters. The van der Waals surface area contributed by atoms with Gasteiger partial charge in [-0.3, -0.25) is 9.78 Å². The second-order valence-electron chi connectivity index (χ2n) is 8.72. The van der Waals surface area contributed by atoms with Crippen molar-refractivity contribution in [2.75, 3.05) is 6.61 Å². The molecule has 0 radical (unpaired) electrons. The van der Waals surface area contributed by atoms with E-state index in [0.29, 0.717) is 30.8 Å². The van der Waals surface area contributed by atoms with E-state index in [1.807, 2.05) is 51.1 Å². The Morgan fingerprint density at radius 1 is 1.36 bits per heavy atom. The van der Waals surface area contributed by atoms with Crippen LogP contribution in [0.3, 0.4) is 0 Å². The first kappa shape index (κ1) is 24.4. The van der Waals surface area contributed by atoms with Crippen molar-refractivity contribution in [2.24, 2.45) is 5.92 Å². The molecule has 0 bridgehead atoms. The largest absolute Gasteiger partial charge is 0.481 e. The lowest BCUT2D eigenvalue weighted by molar-refractivity contribution is -0.288. The lowest BCUT2D eigenvalue weighted by atomic mass is 9.92. The summed E-state index contributed by atoms with van der Waals surface area (Å²) in [7, 11) is 0. The van der Waals surface area contributed by atoms with Crippen LogP contribution in [0.15, 0.2) is 54.9 Å². The van der Waals surface area contributed by atoms with Gasteiger partial charge in [0.2, 0.25) is 0 Å². The number of carboxylic acids is 1. The third kappa shape index (κ3) is 6.64. The Hall–Kier alpha value is -3.21. The molecule has 0 spiro atoms. The molecule has 2 aromatic rings. The quantitative estimate of drug-likeness (QED) is 0.539. The summed E-state index contributed by atoms with van der Waals surface area (Å²) in [5, 5.41) is 18.3. The van der Waals surface area contributed by atoms with Crippen LogP contribution < -0.4 is 4.74 Å². The minimum Gasteiger partial charge on any atom is -0.481 e. The molecule has 0 saturated carbocycles. The molecule has 174 valence electrons. The van der Waals surface area contributed by atoms with Crippen LogP contribution in [0.4, 0.5) is 0 Å². The second-order valence-corrected chi connectivity index (χ2v) is 8.72. The Labute approximate surface area is 194 Å². The average molecular weight is 451 g/mol. The molecular formula is C26H30N2O5. The molecular weight excluding hydrogens is 420 g/mol. The number of aromatic nitrogens is 1. The molecule has 1 aromatic heterocycles. The van der Waals surface area contributed by atoms with Gasteiger partial charge in [0.05, 0.1) is 18.3 Å². The predicted octanol–water partition coefficient (Wildman–Crippen LogP) is 4.96. The summed E-state index contributed by atoms with van der Waals surface area (Å²) in [6.07, 6.45) is 7.72. The van der Waals surface area contributed by atoms with Crippen molar-refractivity contribution in [1.29, 1.82) is 5.26 Å². The standard InChI is InChI=1S/C26H30N2O5/c1-18-11-12-22(21(14-18)15-27)33-26(2,3)25-31-17-20(8-5-4-6-10-23(29)30)24(32-25)19-9-7-13-28-16-19/h4-5,7,9,11-14,16,20,24-25H,6,8,10,17H2,1-3H3,(H,29,30)/t20-,24-,25+/m1/s1. The summed E-state index contributed by atoms with van der Waals surface area (Å²) in [6.45, 7) is 6.13. The fourth-order valence-electron chi connectivity index (χ4n) is 3.78. The molecule has 1 aliphatic heterocycles. The van der Waals surface area contributed by atoms with Crippen molar-refractivity contribution < 1.29 is 24.1 Å². The van der Waals surface area contributed by atoms with Crippen LogP contribution in [0.2, 0.25) is 0 Å². The van der Waals surface area contributed by atoms with Crippen molar-refractivity contribution in [3.05, 3.63) is 71.6 Å². The molecule has 1 saturated heterocycles. The van der Waals surface area contributed by atoms with E-state index in [1.165, 1.54) is 0 Å². The smallest absolute Gasteiger partial charge is 0.303 e. The van der Waals surface area contributed by atoms with Crippen LogP contribution in [0, 0.1) is 24.2 Å². The number of carboxylic acid groups (broad SMARTS) is 1. The number of benzene rings is 1. The van der Waals surface area contributed by atoms with Gasteiger partial charge in [0, 0.05) is 24.7 Å². The minimum atomic E-state index is -0.858. The number of ether oxygens (including phenoxy) is 3. The third-order valence-corrected chi connectivity index (χ3v) is 5.50. The molecule has 1 fully saturated rings. The van der Waals surface area contributed by atoms with Gasteiger partial charge < -0.3 is 19.3 Å². The Bertz CT molecular complexity index is 1010. The van der Waals surface area contributed by atoms with Gasteiger partial charge in [0.25, 0.3) is 0 Å². The number of pyridine rings is 1. The molecule has 33 heavy (non-hydrogen) atoms. The van der Waals surface area contributed by atoms with E-state index >= 15 is 0 Å². The number of aliphatic carboxylic acids is 1. The van der Waals surface area contributed by atoms with Crippen molar-refractivity contribution >= 4 is 5.97 Å². The van der Waals surface area contributed by atoms with Gasteiger partial charge in [0.1, 0.15) is 11.8 Å². The van der Waals surface area contributed by atoms with E-state index in [4.69, 9.17) is 19.3 Å². The summed E-state index contributed by atoms with van der Waals surface area (Å²) < 4.78 is 18.7. The highest BCUT2D eigenvalue weighted by atomic mass is 16.7. The fourth-order valence-corrected chi connectivity index (χ4v) is 3.78. The lowest BCUT2D eigenvalue weighted by Crippen LogP contribution is -2.50. The van der Waals surface area contributed by atoms with Gasteiger partial charge >= 0.3 is 5.97 Å². The number of hydrogen-bond donors (Lipinski definition) is 1. The van der Waals surface area contributed by atoms with Crippen molar-refractivity contribution in [3.63, 3.8) is 0 Å². The summed E-state index contributed by atoms with van der Waals surface area (Å²) in [5.41, 5.74) is 1.53. The lowest BCUT2D eigenvalue weighted by Gasteiger charge is -2.43. The van der Waals surface area contributed by atoms with Gasteiger partial charge in [0.15, 0.2) is 11.9 Å². The van der Waals surface area contributed by atoms with Crippen LogP contribution in [0.5, 0.6) is 5.75 Å². The van der Waals surface area contributed by atoms with E-state index in [0.717, 1.165) is 11.1 Å². The molecule has 1 N–H and O–H groups in total. The summed E-state index contributed by atoms with van der Waals surface area (Å²) in [6, 6.07) is 11.5. The number of carbonyl (C=O) groups is 1. The highest BCUT2D eigenvalue weighted by Gasteiger charge is 2.42. The first-order valence-electron chi connectivity index (χ1n) is 11.0. The summed E-state index contributed by atoms with van der Waals surface area (Å²) in [5.74, 6) is -0.284. The molecule has 1 aromatic carbocycles. The van der Waals surface area contributed by atoms with E-state index in [-0.39, 0.29) is 18.4 Å². The zero-order chi connectivity index (χ0) is 23.8. The second kappa shape index (κ2) is 11.1. The molecule has 0 aliphatic carbocycles. The van der Waals surface area contributed by atoms with Gasteiger partial charge in [-0.2, -0.15) is 5.26 Å². The van der Waals surface area contributed by atoms with E-state index < -0.39 is 17.9 Å². The Morgan fingerprint density at radius 3 is 2.88 bits per heavy atom. The summed E-state index contributed by atoms with van der Waals surface area (Å²) >= 11 is 0. The highest BCUT2D eigenvalue weighted by Crippen LogP contribution is 2.38. The van der Waals surface area contributed by atoms with Gasteiger partial charge in [-0.05, 0) is 62.9 Å². The molecule has 2 heterocycles. The zero-order valence-corrected chi connectivity index (χ0v) is 19.2. The third-order valence-electron chi connectivity index (χ3n) is 5.50. The molecule has 1 aliphatic rings. The zero-order valence-electron chi connectivity index (χ0n) is 19.2. The predicted molar refractivity (Wildman–Crippen MR) is 123 cm³/mol. The topological polar surface area (TPSA) is 102 Å². The summed E-state index contributed by atoms with van der Waals surface area (Å²) in [4.78, 5) is 14.9. The number of hydrogen-bond acceptors (Lipinski definition) is 6. The van der Waals surface area contributed by atoms with Gasteiger partial charge in [-0.1, -0.05) is 24.3 Å². The Morgan fingerprint density at radius 2 is 2.18 bits per heavy atom. The number of nitriles is 1. The average Bonchev–Trinajstić information content (AvgIpc) is 2.80. The Kier molecular flexibility index (Phi) is 8.21. The highest BCUT2D eigenvalue weighted by molar-refractivity contribution is 5.66. The molecule has 3 rings (SSSR count). The van der Waals surface area contributed by atoms with E-state index in [1.54, 1.807) is 24.5 Å². The van der Waals surface area contributed by atoms with E-state index in [2.05, 4.69) is 11.1 Å². The maximum Gasteiger partial charge on any atom is 0.303 e. The number of aryl methyl sites for hydroxylation is 1. The van der Waals surface area contributed by atoms with Crippen molar-refractivity contribution in [1.82, 2.24) is 4.98 Å². The molecule has 3 atom stereocenters. The van der Waals surface area contributed by atoms with Crippen molar-refractivity contribution in [2.45, 2.75) is 58.0 Å². The van der Waals surface area contributed by atoms with E-state index in [9.17, 15) is 10.1 Å². The number of nitrogens with zero attached hydrogens (tertiary/aromatic N) is 2. The van der Waals surface area contributed by atoms with Gasteiger partial charge in [-0.15, -0.1) is 0 Å². The van der Waals surface area contributed by atoms with Crippen LogP contribution in [0.25, 0.3) is 0 Å². The number of allylic oxidation sites excluding steroid dienone is 2. The first-order valence-corrected chi connectivity index (χ1v) is 11.0. The fraction of sp³-hybridized carbons (Fsp3) is 0.423. The minimum absolute atomic E-state index is 0.0383. The Balaban J connectivity index is 1.75. The first-order chi connectivity index (χ1) is 15.8. The molecule has 0 amide bonds. The normalized spacial score (nSPS) is 21.0. The molecule has 7 nitrogen and oxygen atoms in total. The molecule has 7 heteroatoms. The van der Waals surface area contributed by atoms with Crippen LogP contribution >= 0.6 is 0 Å². The number of rotatable bonds is 9. The monoisotopic (exact) mass is 450 g/mol. The van der Waals surface area contributed by atoms with Gasteiger partial charge in [-0.25, -0.2) is 0 Å². The maximum absolute atomic E-state index is 10.7. The SMILES string of the molecule is Cc1ccc(OC(C)(C)[C@H]2OC[C@@H](CC=CCCC(=O)O)[C@@H](c3cccnc3)O2)c(C#N)c1. The van der Waals surface area contributed by atoms with Crippen molar-refractivity contribution in [3.8, 4) is 11.8 Å². The van der Waals surface area contributed by atoms with Crippen LogP contribution in [0.1, 0.15) is 55.9 Å².